The second-order valence-electron chi connectivity index (χ2n) is 6.50. The minimum absolute atomic E-state index is 0.209. The number of methoxy groups -OCH3 is 4. The summed E-state index contributed by atoms with van der Waals surface area (Å²) in [7, 11) is 4.22. The van der Waals surface area contributed by atoms with Gasteiger partial charge in [-0.1, -0.05) is 17.7 Å². The van der Waals surface area contributed by atoms with E-state index in [2.05, 4.69) is 0 Å². The molecule has 1 aliphatic heterocycles. The lowest BCUT2D eigenvalue weighted by molar-refractivity contribution is -0.163. The molecule has 1 aromatic rings. The normalized spacial score (nSPS) is 17.8. The third-order valence-electron chi connectivity index (χ3n) is 4.87. The van der Waals surface area contributed by atoms with Crippen molar-refractivity contribution < 1.29 is 43.2 Å². The number of nitrogens with zero attached hydrogens (tertiary/aromatic N) is 1. The maximum Gasteiger partial charge on any atom is 0.344 e. The second kappa shape index (κ2) is 8.85. The van der Waals surface area contributed by atoms with Gasteiger partial charge in [-0.15, -0.1) is 0 Å². The lowest BCUT2D eigenvalue weighted by Gasteiger charge is -2.47. The molecule has 0 fully saturated rings. The van der Waals surface area contributed by atoms with Crippen molar-refractivity contribution in [3.63, 3.8) is 0 Å². The molecular formula is C20H23NO9. The SMILES string of the molecule is COC(=O)C1=C(O)CC(C(=O)OC)(C(=O)OC)N(c2ccc(C)cc2)C1C(=O)OC. The number of carbonyl (C=O) groups is 4. The van der Waals surface area contributed by atoms with Gasteiger partial charge in [-0.05, 0) is 19.1 Å². The molecule has 0 bridgehead atoms. The van der Waals surface area contributed by atoms with Crippen molar-refractivity contribution in [2.24, 2.45) is 0 Å². The third-order valence-corrected chi connectivity index (χ3v) is 4.87. The number of rotatable bonds is 5. The van der Waals surface area contributed by atoms with Crippen LogP contribution in [0.2, 0.25) is 0 Å². The molecule has 1 aromatic carbocycles. The van der Waals surface area contributed by atoms with E-state index in [1.807, 2.05) is 6.92 Å². The van der Waals surface area contributed by atoms with Crippen LogP contribution in [0.3, 0.4) is 0 Å². The summed E-state index contributed by atoms with van der Waals surface area (Å²) in [6.07, 6.45) is -0.696. The highest BCUT2D eigenvalue weighted by Gasteiger charge is 2.62. The van der Waals surface area contributed by atoms with E-state index in [1.165, 1.54) is 0 Å². The molecule has 1 atom stereocenters. The van der Waals surface area contributed by atoms with Crippen LogP contribution in [0.5, 0.6) is 0 Å². The highest BCUT2D eigenvalue weighted by Crippen LogP contribution is 2.41. The maximum atomic E-state index is 12.9. The Hall–Kier alpha value is -3.56. The molecule has 10 heteroatoms. The average molecular weight is 421 g/mol. The van der Waals surface area contributed by atoms with Gasteiger partial charge in [-0.3, -0.25) is 0 Å². The van der Waals surface area contributed by atoms with Gasteiger partial charge in [0.2, 0.25) is 5.54 Å². The number of hydrogen-bond acceptors (Lipinski definition) is 10. The van der Waals surface area contributed by atoms with E-state index in [9.17, 15) is 24.3 Å². The first-order chi connectivity index (χ1) is 14.2. The highest BCUT2D eigenvalue weighted by atomic mass is 16.6. The molecule has 1 aliphatic rings. The standard InChI is InChI=1S/C20H23NO9/c1-11-6-8-12(9-7-11)21-15(17(24)28-3)14(16(23)27-2)13(22)10-20(21,18(25)29-4)19(26)30-5/h6-9,15,22H,10H2,1-5H3. The first-order valence-corrected chi connectivity index (χ1v) is 8.80. The second-order valence-corrected chi connectivity index (χ2v) is 6.50. The van der Waals surface area contributed by atoms with Crippen molar-refractivity contribution in [3.05, 3.63) is 41.2 Å². The van der Waals surface area contributed by atoms with Gasteiger partial charge in [0.05, 0.1) is 34.9 Å². The zero-order valence-corrected chi connectivity index (χ0v) is 17.3. The molecule has 0 saturated carbocycles. The van der Waals surface area contributed by atoms with Crippen molar-refractivity contribution in [2.75, 3.05) is 33.3 Å². The minimum Gasteiger partial charge on any atom is -0.512 e. The summed E-state index contributed by atoms with van der Waals surface area (Å²) in [5, 5.41) is 10.6. The van der Waals surface area contributed by atoms with Crippen LogP contribution in [0.25, 0.3) is 0 Å². The first-order valence-electron chi connectivity index (χ1n) is 8.80. The van der Waals surface area contributed by atoms with Crippen molar-refractivity contribution in [1.82, 2.24) is 0 Å². The molecule has 30 heavy (non-hydrogen) atoms. The van der Waals surface area contributed by atoms with Gasteiger partial charge in [0.1, 0.15) is 11.3 Å². The number of benzene rings is 1. The number of ether oxygens (including phenoxy) is 4. The molecule has 0 amide bonds. The number of hydrogen-bond donors (Lipinski definition) is 1. The number of aliphatic hydroxyl groups excluding tert-OH is 1. The summed E-state index contributed by atoms with van der Waals surface area (Å²) in [5.41, 5.74) is -1.70. The van der Waals surface area contributed by atoms with Gasteiger partial charge in [0.15, 0.2) is 6.04 Å². The Labute approximate surface area is 172 Å². The molecule has 0 saturated heterocycles. The smallest absolute Gasteiger partial charge is 0.344 e. The molecule has 0 radical (unpaired) electrons. The molecule has 0 spiro atoms. The molecule has 1 heterocycles. The van der Waals surface area contributed by atoms with Gasteiger partial charge in [-0.2, -0.15) is 0 Å². The highest BCUT2D eigenvalue weighted by molar-refractivity contribution is 6.13. The van der Waals surface area contributed by atoms with Crippen molar-refractivity contribution in [2.45, 2.75) is 24.9 Å². The summed E-state index contributed by atoms with van der Waals surface area (Å²) >= 11 is 0. The van der Waals surface area contributed by atoms with Gasteiger partial charge >= 0.3 is 23.9 Å². The lowest BCUT2D eigenvalue weighted by atomic mass is 9.81. The fraction of sp³-hybridized carbons (Fsp3) is 0.400. The molecule has 1 N–H and O–H groups in total. The van der Waals surface area contributed by atoms with Gasteiger partial charge < -0.3 is 29.0 Å². The summed E-state index contributed by atoms with van der Waals surface area (Å²) in [6.45, 7) is 1.82. The third kappa shape index (κ3) is 3.56. The van der Waals surface area contributed by atoms with Gasteiger partial charge in [-0.25, -0.2) is 19.2 Å². The van der Waals surface area contributed by atoms with Crippen LogP contribution in [0, 0.1) is 6.92 Å². The predicted octanol–water partition coefficient (Wildman–Crippen LogP) is 0.817. The first kappa shape index (κ1) is 22.7. The van der Waals surface area contributed by atoms with E-state index in [4.69, 9.17) is 18.9 Å². The van der Waals surface area contributed by atoms with E-state index in [0.717, 1.165) is 38.9 Å². The van der Waals surface area contributed by atoms with Crippen LogP contribution in [-0.2, 0) is 38.1 Å². The van der Waals surface area contributed by atoms with Gasteiger partial charge in [0, 0.05) is 5.69 Å². The van der Waals surface area contributed by atoms with E-state index in [-0.39, 0.29) is 5.69 Å². The average Bonchev–Trinajstić information content (AvgIpc) is 2.76. The van der Waals surface area contributed by atoms with E-state index >= 15 is 0 Å². The van der Waals surface area contributed by atoms with Gasteiger partial charge in [0.25, 0.3) is 0 Å². The van der Waals surface area contributed by atoms with Crippen molar-refractivity contribution in [1.29, 1.82) is 0 Å². The summed E-state index contributed by atoms with van der Waals surface area (Å²) in [6, 6.07) is 4.75. The van der Waals surface area contributed by atoms with E-state index in [0.29, 0.717) is 0 Å². The molecule has 10 nitrogen and oxygen atoms in total. The fourth-order valence-corrected chi connectivity index (χ4v) is 3.44. The predicted molar refractivity (Wildman–Crippen MR) is 103 cm³/mol. The number of esters is 4. The van der Waals surface area contributed by atoms with Crippen LogP contribution in [0.1, 0.15) is 12.0 Å². The summed E-state index contributed by atoms with van der Waals surface area (Å²) in [4.78, 5) is 52.1. The maximum absolute atomic E-state index is 12.9. The van der Waals surface area contributed by atoms with Crippen LogP contribution in [0.4, 0.5) is 5.69 Å². The number of anilines is 1. The largest absolute Gasteiger partial charge is 0.512 e. The monoisotopic (exact) mass is 421 g/mol. The Bertz CT molecular complexity index is 872. The fourth-order valence-electron chi connectivity index (χ4n) is 3.44. The van der Waals surface area contributed by atoms with Crippen LogP contribution >= 0.6 is 0 Å². The zero-order chi connectivity index (χ0) is 22.6. The zero-order valence-electron chi connectivity index (χ0n) is 17.3. The summed E-state index contributed by atoms with van der Waals surface area (Å²) < 4.78 is 19.2. The molecule has 2 rings (SSSR count). The Morgan fingerprint density at radius 2 is 1.47 bits per heavy atom. The number of aryl methyl sites for hydroxylation is 1. The quantitative estimate of drug-likeness (QED) is 0.414. The topological polar surface area (TPSA) is 129 Å². The van der Waals surface area contributed by atoms with Crippen LogP contribution in [-0.4, -0.2) is 69.0 Å². The summed E-state index contributed by atoms with van der Waals surface area (Å²) in [5.74, 6) is -4.93. The molecule has 162 valence electrons. The van der Waals surface area contributed by atoms with Crippen molar-refractivity contribution >= 4 is 29.6 Å². The molecule has 1 unspecified atom stereocenters. The van der Waals surface area contributed by atoms with Crippen molar-refractivity contribution in [3.8, 4) is 0 Å². The Morgan fingerprint density at radius 3 is 1.90 bits per heavy atom. The number of aliphatic hydroxyl groups is 1. The number of carbonyl (C=O) groups excluding carboxylic acids is 4. The Morgan fingerprint density at radius 1 is 0.933 bits per heavy atom. The Kier molecular flexibility index (Phi) is 6.70. The minimum atomic E-state index is -2.31. The Balaban J connectivity index is 2.96. The van der Waals surface area contributed by atoms with E-state index < -0.39 is 53.2 Å². The van der Waals surface area contributed by atoms with Crippen LogP contribution in [0.15, 0.2) is 35.6 Å². The molecular weight excluding hydrogens is 398 g/mol. The molecule has 0 aromatic heterocycles. The lowest BCUT2D eigenvalue weighted by Crippen LogP contribution is -2.69. The molecule has 0 aliphatic carbocycles. The van der Waals surface area contributed by atoms with E-state index in [1.54, 1.807) is 24.3 Å². The van der Waals surface area contributed by atoms with Crippen LogP contribution < -0.4 is 4.90 Å².